The van der Waals surface area contributed by atoms with Gasteiger partial charge in [0, 0.05) is 28.6 Å². The van der Waals surface area contributed by atoms with Crippen LogP contribution in [0, 0.1) is 0 Å². The van der Waals surface area contributed by atoms with E-state index in [0.717, 1.165) is 4.47 Å². The third kappa shape index (κ3) is 2.62. The highest BCUT2D eigenvalue weighted by molar-refractivity contribution is 9.10. The Morgan fingerprint density at radius 3 is 2.94 bits per heavy atom. The van der Waals surface area contributed by atoms with E-state index in [1.807, 2.05) is 0 Å². The molecule has 0 fully saturated rings. The van der Waals surface area contributed by atoms with E-state index in [1.54, 1.807) is 43.9 Å². The van der Waals surface area contributed by atoms with Crippen LogP contribution < -0.4 is 4.74 Å². The zero-order valence-electron chi connectivity index (χ0n) is 9.17. The summed E-state index contributed by atoms with van der Waals surface area (Å²) in [5, 5.41) is 10.2. The molecule has 0 radical (unpaired) electrons. The average molecular weight is 295 g/mol. The predicted octanol–water partition coefficient (Wildman–Crippen LogP) is 2.33. The van der Waals surface area contributed by atoms with E-state index in [1.165, 1.54) is 0 Å². The molecule has 0 aliphatic rings. The quantitative estimate of drug-likeness (QED) is 0.944. The zero-order chi connectivity index (χ0) is 12.3. The van der Waals surface area contributed by atoms with Gasteiger partial charge in [-0.3, -0.25) is 9.97 Å². The Morgan fingerprint density at radius 2 is 2.24 bits per heavy atom. The molecule has 0 aliphatic heterocycles. The SMILES string of the molecule is COc1cccnc1C(O)c1cncc(Br)c1. The van der Waals surface area contributed by atoms with Gasteiger partial charge in [-0.2, -0.15) is 0 Å². The molecule has 2 rings (SSSR count). The number of aliphatic hydroxyl groups is 1. The van der Waals surface area contributed by atoms with Crippen molar-refractivity contribution >= 4 is 15.9 Å². The molecule has 1 unspecified atom stereocenters. The first kappa shape index (κ1) is 12.0. The number of ether oxygens (including phenoxy) is 1. The monoisotopic (exact) mass is 294 g/mol. The van der Waals surface area contributed by atoms with Crippen LogP contribution in [0.3, 0.4) is 0 Å². The molecule has 2 aromatic heterocycles. The van der Waals surface area contributed by atoms with Crippen LogP contribution in [0.4, 0.5) is 0 Å². The molecule has 0 aliphatic carbocycles. The van der Waals surface area contributed by atoms with Gasteiger partial charge in [-0.25, -0.2) is 0 Å². The summed E-state index contributed by atoms with van der Waals surface area (Å²) in [7, 11) is 1.55. The number of aliphatic hydroxyl groups excluding tert-OH is 1. The number of methoxy groups -OCH3 is 1. The molecule has 4 nitrogen and oxygen atoms in total. The van der Waals surface area contributed by atoms with Crippen molar-refractivity contribution in [3.63, 3.8) is 0 Å². The molecule has 88 valence electrons. The molecule has 17 heavy (non-hydrogen) atoms. The highest BCUT2D eigenvalue weighted by atomic mass is 79.9. The summed E-state index contributed by atoms with van der Waals surface area (Å²) in [6.07, 6.45) is 4.03. The predicted molar refractivity (Wildman–Crippen MR) is 66.8 cm³/mol. The van der Waals surface area contributed by atoms with E-state index < -0.39 is 6.10 Å². The topological polar surface area (TPSA) is 55.2 Å². The van der Waals surface area contributed by atoms with Crippen molar-refractivity contribution in [2.75, 3.05) is 7.11 Å². The second kappa shape index (κ2) is 5.25. The molecule has 1 atom stereocenters. The number of rotatable bonds is 3. The smallest absolute Gasteiger partial charge is 0.143 e. The van der Waals surface area contributed by atoms with Crippen molar-refractivity contribution in [2.24, 2.45) is 0 Å². The summed E-state index contributed by atoms with van der Waals surface area (Å²) in [5.74, 6) is 0.556. The van der Waals surface area contributed by atoms with Crippen molar-refractivity contribution in [1.82, 2.24) is 9.97 Å². The molecule has 0 saturated carbocycles. The van der Waals surface area contributed by atoms with Crippen LogP contribution in [0.25, 0.3) is 0 Å². The van der Waals surface area contributed by atoms with Gasteiger partial charge in [-0.15, -0.1) is 0 Å². The van der Waals surface area contributed by atoms with Gasteiger partial charge in [0.2, 0.25) is 0 Å². The number of halogens is 1. The van der Waals surface area contributed by atoms with Gasteiger partial charge < -0.3 is 9.84 Å². The molecule has 1 N–H and O–H groups in total. The molecular formula is C12H11BrN2O2. The number of aromatic nitrogens is 2. The standard InChI is InChI=1S/C12H11BrN2O2/c1-17-10-3-2-4-15-11(10)12(16)8-5-9(13)7-14-6-8/h2-7,12,16H,1H3. The first-order valence-corrected chi connectivity index (χ1v) is 5.79. The molecule has 5 heteroatoms. The first-order valence-electron chi connectivity index (χ1n) is 5.00. The van der Waals surface area contributed by atoms with Crippen LogP contribution in [-0.2, 0) is 0 Å². The van der Waals surface area contributed by atoms with E-state index in [-0.39, 0.29) is 0 Å². The lowest BCUT2D eigenvalue weighted by atomic mass is 10.1. The minimum atomic E-state index is -0.851. The van der Waals surface area contributed by atoms with Gasteiger partial charge in [-0.05, 0) is 34.1 Å². The van der Waals surface area contributed by atoms with E-state index in [0.29, 0.717) is 17.0 Å². The summed E-state index contributed by atoms with van der Waals surface area (Å²) in [4.78, 5) is 8.15. The van der Waals surface area contributed by atoms with Crippen molar-refractivity contribution in [3.8, 4) is 5.75 Å². The highest BCUT2D eigenvalue weighted by Gasteiger charge is 2.17. The maximum Gasteiger partial charge on any atom is 0.143 e. The summed E-state index contributed by atoms with van der Waals surface area (Å²) in [6.45, 7) is 0. The van der Waals surface area contributed by atoms with E-state index >= 15 is 0 Å². The average Bonchev–Trinajstić information content (AvgIpc) is 2.38. The lowest BCUT2D eigenvalue weighted by Crippen LogP contribution is -2.05. The molecule has 0 aromatic carbocycles. The molecule has 0 amide bonds. The fourth-order valence-corrected chi connectivity index (χ4v) is 1.90. The third-order valence-electron chi connectivity index (χ3n) is 2.32. The van der Waals surface area contributed by atoms with E-state index in [9.17, 15) is 5.11 Å². The molecule has 2 aromatic rings. The largest absolute Gasteiger partial charge is 0.495 e. The van der Waals surface area contributed by atoms with Crippen molar-refractivity contribution in [2.45, 2.75) is 6.10 Å². The van der Waals surface area contributed by atoms with Crippen LogP contribution in [-0.4, -0.2) is 22.2 Å². The van der Waals surface area contributed by atoms with E-state index in [2.05, 4.69) is 25.9 Å². The summed E-state index contributed by atoms with van der Waals surface area (Å²) >= 11 is 3.31. The van der Waals surface area contributed by atoms with Crippen molar-refractivity contribution in [3.05, 3.63) is 52.5 Å². The fraction of sp³-hybridized carbons (Fsp3) is 0.167. The summed E-state index contributed by atoms with van der Waals surface area (Å²) in [6, 6.07) is 5.32. The van der Waals surface area contributed by atoms with Gasteiger partial charge >= 0.3 is 0 Å². The lowest BCUT2D eigenvalue weighted by Gasteiger charge is -2.13. The Labute approximate surface area is 107 Å². The highest BCUT2D eigenvalue weighted by Crippen LogP contribution is 2.28. The number of hydrogen-bond donors (Lipinski definition) is 1. The number of pyridine rings is 2. The van der Waals surface area contributed by atoms with Crippen LogP contribution in [0.1, 0.15) is 17.4 Å². The van der Waals surface area contributed by atoms with Gasteiger partial charge in [0.05, 0.1) is 7.11 Å². The van der Waals surface area contributed by atoms with Gasteiger partial charge in [0.25, 0.3) is 0 Å². The molecule has 2 heterocycles. The molecule has 0 saturated heterocycles. The van der Waals surface area contributed by atoms with Gasteiger partial charge in [0.1, 0.15) is 17.5 Å². The van der Waals surface area contributed by atoms with E-state index in [4.69, 9.17) is 4.74 Å². The van der Waals surface area contributed by atoms with Gasteiger partial charge in [-0.1, -0.05) is 0 Å². The second-order valence-electron chi connectivity index (χ2n) is 3.43. The maximum absolute atomic E-state index is 10.2. The third-order valence-corrected chi connectivity index (χ3v) is 2.75. The minimum Gasteiger partial charge on any atom is -0.495 e. The Bertz CT molecular complexity index is 519. The fourth-order valence-electron chi connectivity index (χ4n) is 1.52. The maximum atomic E-state index is 10.2. The summed E-state index contributed by atoms with van der Waals surface area (Å²) < 4.78 is 5.97. The minimum absolute atomic E-state index is 0.481. The van der Waals surface area contributed by atoms with Crippen LogP contribution in [0.2, 0.25) is 0 Å². The normalized spacial score (nSPS) is 12.2. The van der Waals surface area contributed by atoms with Crippen LogP contribution in [0.5, 0.6) is 5.75 Å². The lowest BCUT2D eigenvalue weighted by molar-refractivity contribution is 0.209. The number of hydrogen-bond acceptors (Lipinski definition) is 4. The molecular weight excluding hydrogens is 284 g/mol. The van der Waals surface area contributed by atoms with Gasteiger partial charge in [0.15, 0.2) is 0 Å². The van der Waals surface area contributed by atoms with Crippen molar-refractivity contribution < 1.29 is 9.84 Å². The number of nitrogens with zero attached hydrogens (tertiary/aromatic N) is 2. The molecule has 0 bridgehead atoms. The molecule has 0 spiro atoms. The van der Waals surface area contributed by atoms with Crippen molar-refractivity contribution in [1.29, 1.82) is 0 Å². The Hall–Kier alpha value is -1.46. The Kier molecular flexibility index (Phi) is 3.71. The Balaban J connectivity index is 2.40. The zero-order valence-corrected chi connectivity index (χ0v) is 10.8. The summed E-state index contributed by atoms with van der Waals surface area (Å²) in [5.41, 5.74) is 1.14. The second-order valence-corrected chi connectivity index (χ2v) is 4.35. The van der Waals surface area contributed by atoms with Crippen LogP contribution in [0.15, 0.2) is 41.3 Å². The first-order chi connectivity index (χ1) is 8.22. The Morgan fingerprint density at radius 1 is 1.41 bits per heavy atom. The van der Waals surface area contributed by atoms with Crippen LogP contribution >= 0.6 is 15.9 Å².